The maximum absolute atomic E-state index is 13.1. The number of rotatable bonds is 7. The smallest absolute Gasteiger partial charge is 0.325 e. The summed E-state index contributed by atoms with van der Waals surface area (Å²) in [4.78, 5) is 14.3. The molecular formula is C20H30F3N3O3S. The van der Waals surface area contributed by atoms with Gasteiger partial charge in [0, 0.05) is 25.3 Å². The summed E-state index contributed by atoms with van der Waals surface area (Å²) in [6, 6.07) is 3.84. The second-order valence-corrected chi connectivity index (χ2v) is 9.52. The third kappa shape index (κ3) is 5.53. The zero-order chi connectivity index (χ0) is 22.7. The summed E-state index contributed by atoms with van der Waals surface area (Å²) in [5.74, 6) is -1.90. The van der Waals surface area contributed by atoms with E-state index in [0.29, 0.717) is 37.3 Å². The molecule has 1 amide bonds. The highest BCUT2D eigenvalue weighted by Gasteiger charge is 2.43. The number of nitrogens with one attached hydrogen (secondary N) is 1. The van der Waals surface area contributed by atoms with Gasteiger partial charge in [-0.2, -0.15) is 17.5 Å². The Hall–Kier alpha value is -1.65. The van der Waals surface area contributed by atoms with Gasteiger partial charge >= 0.3 is 6.18 Å². The first kappa shape index (κ1) is 24.6. The highest BCUT2D eigenvalue weighted by Crippen LogP contribution is 2.34. The topological polar surface area (TPSA) is 69.7 Å². The molecule has 10 heteroatoms. The Labute approximate surface area is 176 Å². The van der Waals surface area contributed by atoms with Gasteiger partial charge in [-0.1, -0.05) is 19.9 Å². The van der Waals surface area contributed by atoms with Crippen LogP contribution in [0.5, 0.6) is 0 Å². The zero-order valence-corrected chi connectivity index (χ0v) is 18.6. The Balaban J connectivity index is 2.17. The van der Waals surface area contributed by atoms with Crippen LogP contribution in [0.25, 0.3) is 0 Å². The third-order valence-electron chi connectivity index (χ3n) is 5.62. The van der Waals surface area contributed by atoms with E-state index in [1.54, 1.807) is 39.8 Å². The Bertz CT molecular complexity index is 855. The lowest BCUT2D eigenvalue weighted by Gasteiger charge is -2.36. The summed E-state index contributed by atoms with van der Waals surface area (Å²) < 4.78 is 66.2. The molecule has 2 rings (SSSR count). The second kappa shape index (κ2) is 9.65. The van der Waals surface area contributed by atoms with E-state index >= 15 is 0 Å². The highest BCUT2D eigenvalue weighted by atomic mass is 32.2. The fourth-order valence-corrected chi connectivity index (χ4v) is 5.41. The number of carbonyl (C=O) groups excluding carboxylic acids is 1. The van der Waals surface area contributed by atoms with Crippen LogP contribution in [0, 0.1) is 12.8 Å². The molecule has 0 spiro atoms. The molecule has 1 saturated heterocycles. The minimum absolute atomic E-state index is 0.0683. The van der Waals surface area contributed by atoms with Crippen molar-refractivity contribution < 1.29 is 26.4 Å². The van der Waals surface area contributed by atoms with E-state index in [1.807, 2.05) is 0 Å². The fraction of sp³-hybridized carbons (Fsp3) is 0.650. The monoisotopic (exact) mass is 449 g/mol. The van der Waals surface area contributed by atoms with Gasteiger partial charge in [-0.3, -0.25) is 9.69 Å². The molecule has 2 atom stereocenters. The number of likely N-dealkylation sites (tertiary alicyclic amines) is 1. The standard InChI is InChI=1S/C20H30F3N3O3S/c1-5-26(6-2)30(28,29)18-12-17(10-9-14(18)3)24-19(27)15(4)25-11-7-8-16(13-25)20(21,22)23/h9-10,12,15-16H,5-8,11,13H2,1-4H3,(H,24,27). The Morgan fingerprint density at radius 3 is 2.50 bits per heavy atom. The van der Waals surface area contributed by atoms with Gasteiger partial charge in [0.2, 0.25) is 15.9 Å². The number of sulfonamides is 1. The normalized spacial score (nSPS) is 19.7. The van der Waals surface area contributed by atoms with E-state index in [9.17, 15) is 26.4 Å². The van der Waals surface area contributed by atoms with E-state index < -0.39 is 34.1 Å². The van der Waals surface area contributed by atoms with E-state index in [2.05, 4.69) is 5.32 Å². The van der Waals surface area contributed by atoms with Crippen LogP contribution in [0.4, 0.5) is 18.9 Å². The molecule has 30 heavy (non-hydrogen) atoms. The number of benzene rings is 1. The summed E-state index contributed by atoms with van der Waals surface area (Å²) in [6.07, 6.45) is -3.84. The lowest BCUT2D eigenvalue weighted by atomic mass is 9.96. The summed E-state index contributed by atoms with van der Waals surface area (Å²) in [7, 11) is -3.71. The van der Waals surface area contributed by atoms with Gasteiger partial charge in [0.1, 0.15) is 0 Å². The molecule has 170 valence electrons. The molecule has 1 heterocycles. The van der Waals surface area contributed by atoms with Crippen LogP contribution >= 0.6 is 0 Å². The number of hydrogen-bond donors (Lipinski definition) is 1. The van der Waals surface area contributed by atoms with Crippen LogP contribution in [0.15, 0.2) is 23.1 Å². The van der Waals surface area contributed by atoms with Crippen molar-refractivity contribution in [2.24, 2.45) is 5.92 Å². The lowest BCUT2D eigenvalue weighted by Crippen LogP contribution is -2.49. The number of alkyl halides is 3. The number of anilines is 1. The summed E-state index contributed by atoms with van der Waals surface area (Å²) >= 11 is 0. The number of halogens is 3. The number of amides is 1. The van der Waals surface area contributed by atoms with Crippen molar-refractivity contribution in [1.82, 2.24) is 9.21 Å². The number of aryl methyl sites for hydroxylation is 1. The van der Waals surface area contributed by atoms with Gasteiger partial charge in [0.05, 0.1) is 16.9 Å². The summed E-state index contributed by atoms with van der Waals surface area (Å²) in [6.45, 7) is 7.57. The van der Waals surface area contributed by atoms with E-state index in [-0.39, 0.29) is 17.9 Å². The number of nitrogens with zero attached hydrogens (tertiary/aromatic N) is 2. The van der Waals surface area contributed by atoms with Crippen LogP contribution < -0.4 is 5.32 Å². The zero-order valence-electron chi connectivity index (χ0n) is 17.8. The van der Waals surface area contributed by atoms with Crippen LogP contribution in [0.2, 0.25) is 0 Å². The largest absolute Gasteiger partial charge is 0.393 e. The Morgan fingerprint density at radius 2 is 1.93 bits per heavy atom. The molecule has 0 bridgehead atoms. The van der Waals surface area contributed by atoms with Crippen LogP contribution in [0.3, 0.4) is 0 Å². The molecular weight excluding hydrogens is 419 g/mol. The molecule has 1 aromatic carbocycles. The number of carbonyl (C=O) groups is 1. The number of hydrogen-bond acceptors (Lipinski definition) is 4. The van der Waals surface area contributed by atoms with Gasteiger partial charge in [0.25, 0.3) is 0 Å². The predicted molar refractivity (Wildman–Crippen MR) is 110 cm³/mol. The molecule has 1 aliphatic rings. The quantitative estimate of drug-likeness (QED) is 0.690. The summed E-state index contributed by atoms with van der Waals surface area (Å²) in [5.41, 5.74) is 0.851. The van der Waals surface area contributed by atoms with Crippen molar-refractivity contribution >= 4 is 21.6 Å². The van der Waals surface area contributed by atoms with Crippen LogP contribution in [0.1, 0.15) is 39.2 Å². The molecule has 0 saturated carbocycles. The van der Waals surface area contributed by atoms with Gasteiger partial charge in [0.15, 0.2) is 0 Å². The molecule has 1 aromatic rings. The van der Waals surface area contributed by atoms with Crippen molar-refractivity contribution in [2.75, 3.05) is 31.5 Å². The van der Waals surface area contributed by atoms with Crippen molar-refractivity contribution in [2.45, 2.75) is 57.7 Å². The SMILES string of the molecule is CCN(CC)S(=O)(=O)c1cc(NC(=O)C(C)N2CCCC(C(F)(F)F)C2)ccc1C. The van der Waals surface area contributed by atoms with Crippen molar-refractivity contribution in [1.29, 1.82) is 0 Å². The summed E-state index contributed by atoms with van der Waals surface area (Å²) in [5, 5.41) is 2.66. The van der Waals surface area contributed by atoms with Gasteiger partial charge in [-0.15, -0.1) is 0 Å². The molecule has 0 radical (unpaired) electrons. The first-order chi connectivity index (χ1) is 13.9. The predicted octanol–water partition coefficient (Wildman–Crippen LogP) is 3.63. The van der Waals surface area contributed by atoms with Crippen molar-refractivity contribution in [3.63, 3.8) is 0 Å². The van der Waals surface area contributed by atoms with Crippen LogP contribution in [-0.2, 0) is 14.8 Å². The van der Waals surface area contributed by atoms with Crippen LogP contribution in [-0.4, -0.2) is 61.9 Å². The average molecular weight is 450 g/mol. The maximum atomic E-state index is 13.1. The molecule has 1 N–H and O–H groups in total. The second-order valence-electron chi connectivity index (χ2n) is 7.61. The maximum Gasteiger partial charge on any atom is 0.393 e. The molecule has 2 unspecified atom stereocenters. The first-order valence-corrected chi connectivity index (χ1v) is 11.6. The van der Waals surface area contributed by atoms with Gasteiger partial charge in [-0.05, 0) is 50.9 Å². The van der Waals surface area contributed by atoms with E-state index in [0.717, 1.165) is 0 Å². The van der Waals surface area contributed by atoms with Crippen molar-refractivity contribution in [3.8, 4) is 0 Å². The minimum Gasteiger partial charge on any atom is -0.325 e. The first-order valence-electron chi connectivity index (χ1n) is 10.1. The fourth-order valence-electron chi connectivity index (χ4n) is 3.70. The third-order valence-corrected chi connectivity index (χ3v) is 7.81. The molecule has 1 aliphatic heterocycles. The van der Waals surface area contributed by atoms with Gasteiger partial charge in [-0.25, -0.2) is 8.42 Å². The minimum atomic E-state index is -4.28. The lowest BCUT2D eigenvalue weighted by molar-refractivity contribution is -0.188. The molecule has 0 aliphatic carbocycles. The molecule has 6 nitrogen and oxygen atoms in total. The van der Waals surface area contributed by atoms with E-state index in [4.69, 9.17) is 0 Å². The molecule has 1 fully saturated rings. The molecule has 0 aromatic heterocycles. The highest BCUT2D eigenvalue weighted by molar-refractivity contribution is 7.89. The van der Waals surface area contributed by atoms with Crippen molar-refractivity contribution in [3.05, 3.63) is 23.8 Å². The van der Waals surface area contributed by atoms with Gasteiger partial charge < -0.3 is 5.32 Å². The number of piperidine rings is 1. The van der Waals surface area contributed by atoms with E-state index in [1.165, 1.54) is 15.3 Å². The Kier molecular flexibility index (Phi) is 7.92. The Morgan fingerprint density at radius 1 is 1.30 bits per heavy atom. The average Bonchev–Trinajstić information content (AvgIpc) is 2.68.